The minimum Gasteiger partial charge on any atom is -0.456 e. The first-order valence-corrected chi connectivity index (χ1v) is 11.5. The molecule has 0 atom stereocenters. The predicted molar refractivity (Wildman–Crippen MR) is 131 cm³/mol. The molecule has 1 fully saturated rings. The van der Waals surface area contributed by atoms with Crippen molar-refractivity contribution in [1.29, 1.82) is 0 Å². The second kappa shape index (κ2) is 11.5. The average Bonchev–Trinajstić information content (AvgIpc) is 2.90. The lowest BCUT2D eigenvalue weighted by molar-refractivity contribution is -0.384. The number of ketones is 1. The summed E-state index contributed by atoms with van der Waals surface area (Å²) in [5, 5.41) is 10.9. The number of ether oxygens (including phenoxy) is 1. The van der Waals surface area contributed by atoms with Crippen molar-refractivity contribution in [1.82, 2.24) is 9.80 Å². The topological polar surface area (TPSA) is 93.0 Å². The van der Waals surface area contributed by atoms with Crippen molar-refractivity contribution in [2.24, 2.45) is 0 Å². The van der Waals surface area contributed by atoms with Gasteiger partial charge in [-0.3, -0.25) is 29.5 Å². The lowest BCUT2D eigenvalue weighted by atomic mass is 9.96. The lowest BCUT2D eigenvalue weighted by Crippen LogP contribution is -2.49. The van der Waals surface area contributed by atoms with Crippen LogP contribution in [-0.2, 0) is 9.53 Å². The number of carbonyl (C=O) groups excluding carboxylic acids is 2. The quantitative estimate of drug-likeness (QED) is 0.202. The number of Topliss-reactive ketones (excluding diaryl/α,β-unsaturated/α-hetero) is 1. The number of hydrogen-bond acceptors (Lipinski definition) is 7. The van der Waals surface area contributed by atoms with E-state index < -0.39 is 23.3 Å². The summed E-state index contributed by atoms with van der Waals surface area (Å²) in [6.45, 7) is 2.62. The van der Waals surface area contributed by atoms with Crippen LogP contribution in [0.25, 0.3) is 0 Å². The number of nitro benzene ring substituents is 1. The Bertz CT molecular complexity index is 1120. The molecule has 8 nitrogen and oxygen atoms in total. The van der Waals surface area contributed by atoms with Crippen LogP contribution in [0.5, 0.6) is 0 Å². The Morgan fingerprint density at radius 1 is 0.857 bits per heavy atom. The molecule has 0 saturated carbocycles. The molecule has 0 amide bonds. The van der Waals surface area contributed by atoms with Gasteiger partial charge in [-0.15, -0.1) is 0 Å². The smallest absolute Gasteiger partial charge is 0.320 e. The highest BCUT2D eigenvalue weighted by Gasteiger charge is 2.27. The first-order valence-electron chi connectivity index (χ1n) is 11.5. The van der Waals surface area contributed by atoms with Gasteiger partial charge >= 0.3 is 5.97 Å². The third-order valence-electron chi connectivity index (χ3n) is 6.10. The number of hydrogen-bond donors (Lipinski definition) is 0. The van der Waals surface area contributed by atoms with E-state index in [9.17, 15) is 19.7 Å². The van der Waals surface area contributed by atoms with Crippen LogP contribution in [0.1, 0.15) is 27.5 Å². The third-order valence-corrected chi connectivity index (χ3v) is 6.10. The van der Waals surface area contributed by atoms with Crippen LogP contribution < -0.4 is 0 Å². The maximum Gasteiger partial charge on any atom is 0.320 e. The molecule has 0 N–H and O–H groups in total. The zero-order chi connectivity index (χ0) is 24.6. The van der Waals surface area contributed by atoms with Crippen LogP contribution in [0.4, 0.5) is 5.69 Å². The highest BCUT2D eigenvalue weighted by Crippen LogP contribution is 2.29. The highest BCUT2D eigenvalue weighted by atomic mass is 16.6. The van der Waals surface area contributed by atoms with Crippen molar-refractivity contribution < 1.29 is 19.2 Å². The summed E-state index contributed by atoms with van der Waals surface area (Å²) in [5.74, 6) is -0.958. The van der Waals surface area contributed by atoms with Crippen LogP contribution in [0, 0.1) is 10.1 Å². The minimum atomic E-state index is -0.567. The van der Waals surface area contributed by atoms with Crippen molar-refractivity contribution in [2.75, 3.05) is 39.3 Å². The Morgan fingerprint density at radius 2 is 1.46 bits per heavy atom. The van der Waals surface area contributed by atoms with Crippen molar-refractivity contribution in [2.45, 2.75) is 6.04 Å². The van der Waals surface area contributed by atoms with E-state index in [1.165, 1.54) is 35.4 Å². The first kappa shape index (κ1) is 24.3. The standard InChI is InChI=1S/C27H27N3O5/c31-25(23-12-7-13-24(18-23)30(33)34)20-35-26(32)19-28-14-16-29(17-15-28)27(21-8-3-1-4-9-21)22-10-5-2-6-11-22/h1-13,18,27H,14-17,19-20H2. The van der Waals surface area contributed by atoms with Crippen LogP contribution in [0.2, 0.25) is 0 Å². The van der Waals surface area contributed by atoms with E-state index in [0.29, 0.717) is 13.1 Å². The molecule has 4 rings (SSSR count). The summed E-state index contributed by atoms with van der Waals surface area (Å²) in [5.41, 5.74) is 2.43. The second-order valence-electron chi connectivity index (χ2n) is 8.43. The predicted octanol–water partition coefficient (Wildman–Crippen LogP) is 3.73. The average molecular weight is 474 g/mol. The zero-order valence-corrected chi connectivity index (χ0v) is 19.3. The Morgan fingerprint density at radius 3 is 2.03 bits per heavy atom. The number of nitro groups is 1. The fourth-order valence-corrected chi connectivity index (χ4v) is 4.31. The third kappa shape index (κ3) is 6.38. The number of benzene rings is 3. The van der Waals surface area contributed by atoms with Crippen LogP contribution in [0.3, 0.4) is 0 Å². The number of esters is 1. The van der Waals surface area contributed by atoms with E-state index in [0.717, 1.165) is 13.1 Å². The number of non-ortho nitro benzene ring substituents is 1. The van der Waals surface area contributed by atoms with Gasteiger partial charge in [-0.1, -0.05) is 72.8 Å². The number of nitrogens with zero attached hydrogens (tertiary/aromatic N) is 3. The maximum absolute atomic E-state index is 12.3. The summed E-state index contributed by atoms with van der Waals surface area (Å²) in [4.78, 5) is 39.4. The summed E-state index contributed by atoms with van der Waals surface area (Å²) in [7, 11) is 0. The Kier molecular flexibility index (Phi) is 7.97. The molecule has 0 radical (unpaired) electrons. The molecule has 1 saturated heterocycles. The van der Waals surface area contributed by atoms with Gasteiger partial charge in [0.1, 0.15) is 0 Å². The molecule has 0 bridgehead atoms. The van der Waals surface area contributed by atoms with Gasteiger partial charge in [0, 0.05) is 43.9 Å². The SMILES string of the molecule is O=C(CN1CCN(C(c2ccccc2)c2ccccc2)CC1)OCC(=O)c1cccc([N+](=O)[O-])c1. The minimum absolute atomic E-state index is 0.0946. The van der Waals surface area contributed by atoms with Gasteiger partial charge in [-0.25, -0.2) is 0 Å². The van der Waals surface area contributed by atoms with Gasteiger partial charge in [0.2, 0.25) is 5.78 Å². The lowest BCUT2D eigenvalue weighted by Gasteiger charge is -2.39. The van der Waals surface area contributed by atoms with Crippen LogP contribution >= 0.6 is 0 Å². The molecule has 3 aromatic carbocycles. The molecular formula is C27H27N3O5. The van der Waals surface area contributed by atoms with Crippen LogP contribution in [-0.4, -0.2) is 65.8 Å². The molecule has 0 aliphatic carbocycles. The van der Waals surface area contributed by atoms with E-state index in [4.69, 9.17) is 4.74 Å². The molecule has 3 aromatic rings. The van der Waals surface area contributed by atoms with E-state index in [1.54, 1.807) is 0 Å². The Labute approximate surface area is 203 Å². The van der Waals surface area contributed by atoms with Crippen molar-refractivity contribution in [3.05, 3.63) is 112 Å². The summed E-state index contributed by atoms with van der Waals surface area (Å²) in [6.07, 6.45) is 0. The summed E-state index contributed by atoms with van der Waals surface area (Å²) in [6, 6.07) is 26.3. The van der Waals surface area contributed by atoms with Crippen molar-refractivity contribution in [3.8, 4) is 0 Å². The number of carbonyl (C=O) groups is 2. The van der Waals surface area contributed by atoms with E-state index >= 15 is 0 Å². The number of rotatable bonds is 9. The van der Waals surface area contributed by atoms with Gasteiger partial charge in [0.05, 0.1) is 17.5 Å². The van der Waals surface area contributed by atoms with Crippen molar-refractivity contribution in [3.63, 3.8) is 0 Å². The summed E-state index contributed by atoms with van der Waals surface area (Å²) >= 11 is 0. The molecular weight excluding hydrogens is 446 g/mol. The van der Waals surface area contributed by atoms with Gasteiger partial charge in [0.15, 0.2) is 6.61 Å². The molecule has 35 heavy (non-hydrogen) atoms. The molecule has 0 unspecified atom stereocenters. The molecule has 8 heteroatoms. The Hall–Kier alpha value is -3.88. The van der Waals surface area contributed by atoms with Gasteiger partial charge < -0.3 is 4.74 Å². The van der Waals surface area contributed by atoms with Crippen molar-refractivity contribution >= 4 is 17.4 Å². The fourth-order valence-electron chi connectivity index (χ4n) is 4.31. The molecule has 1 aliphatic rings. The van der Waals surface area contributed by atoms with Gasteiger partial charge in [0.25, 0.3) is 5.69 Å². The van der Waals surface area contributed by atoms with Gasteiger partial charge in [-0.05, 0) is 11.1 Å². The fraction of sp³-hybridized carbons (Fsp3) is 0.259. The molecule has 0 aromatic heterocycles. The first-order chi connectivity index (χ1) is 17.0. The van der Waals surface area contributed by atoms with E-state index in [-0.39, 0.29) is 23.8 Å². The molecule has 1 heterocycles. The van der Waals surface area contributed by atoms with Gasteiger partial charge in [-0.2, -0.15) is 0 Å². The second-order valence-corrected chi connectivity index (χ2v) is 8.43. The maximum atomic E-state index is 12.3. The molecule has 1 aliphatic heterocycles. The molecule has 0 spiro atoms. The zero-order valence-electron chi connectivity index (χ0n) is 19.3. The van der Waals surface area contributed by atoms with Crippen LogP contribution in [0.15, 0.2) is 84.9 Å². The molecule has 180 valence electrons. The highest BCUT2D eigenvalue weighted by molar-refractivity contribution is 5.98. The normalized spacial score (nSPS) is 14.5. The Balaban J connectivity index is 1.30. The monoisotopic (exact) mass is 473 g/mol. The largest absolute Gasteiger partial charge is 0.456 e. The van der Waals surface area contributed by atoms with E-state index in [1.807, 2.05) is 41.3 Å². The summed E-state index contributed by atoms with van der Waals surface area (Å²) < 4.78 is 5.16. The number of piperazine rings is 1. The van der Waals surface area contributed by atoms with E-state index in [2.05, 4.69) is 29.2 Å².